The minimum Gasteiger partial charge on any atom is -0.508 e. The molecule has 154 valence electrons. The fourth-order valence-electron chi connectivity index (χ4n) is 3.68. The summed E-state index contributed by atoms with van der Waals surface area (Å²) >= 11 is 0. The highest BCUT2D eigenvalue weighted by molar-refractivity contribution is 5.94. The van der Waals surface area contributed by atoms with Crippen molar-refractivity contribution in [3.05, 3.63) is 79.1 Å². The van der Waals surface area contributed by atoms with Crippen molar-refractivity contribution >= 4 is 21.9 Å². The van der Waals surface area contributed by atoms with Gasteiger partial charge in [0.25, 0.3) is 0 Å². The molecule has 0 saturated carbocycles. The van der Waals surface area contributed by atoms with Crippen LogP contribution < -0.4 is 10.5 Å². The van der Waals surface area contributed by atoms with Gasteiger partial charge in [0, 0.05) is 17.0 Å². The molecule has 2 aromatic heterocycles. The quantitative estimate of drug-likeness (QED) is 0.397. The normalized spacial score (nSPS) is 11.3. The smallest absolute Gasteiger partial charge is 0.139 e. The summed E-state index contributed by atoms with van der Waals surface area (Å²) < 4.78 is 7.72. The lowest BCUT2D eigenvalue weighted by molar-refractivity contribution is 0.314. The molecule has 0 spiro atoms. The lowest BCUT2D eigenvalue weighted by Crippen LogP contribution is -2.06. The van der Waals surface area contributed by atoms with Crippen LogP contribution in [0.5, 0.6) is 11.5 Å². The number of pyridine rings is 1. The van der Waals surface area contributed by atoms with Gasteiger partial charge in [-0.25, -0.2) is 9.97 Å². The Bertz CT molecular complexity index is 1360. The van der Waals surface area contributed by atoms with E-state index in [9.17, 15) is 5.11 Å². The van der Waals surface area contributed by atoms with Crippen LogP contribution >= 0.6 is 0 Å². The molecule has 0 amide bonds. The minimum absolute atomic E-state index is 0.244. The maximum absolute atomic E-state index is 9.63. The SMILES string of the molecule is NCCCOc1ccc2c(c1)ncn2-c1ccc2cccc(-c3ccc(O)cc3)c2n1. The minimum atomic E-state index is 0.244. The standard InChI is InChI=1S/C25H22N4O2/c26-13-2-14-31-20-10-11-23-22(15-20)27-16-29(23)24-12-7-18-3-1-4-21(25(18)28-24)17-5-8-19(30)9-6-17/h1,3-12,15-16,30H,2,13-14,26H2. The van der Waals surface area contributed by atoms with Crippen molar-refractivity contribution in [2.45, 2.75) is 6.42 Å². The Kier molecular flexibility index (Phi) is 4.98. The first-order valence-electron chi connectivity index (χ1n) is 10.2. The van der Waals surface area contributed by atoms with E-state index in [-0.39, 0.29) is 5.75 Å². The molecule has 3 N–H and O–H groups in total. The summed E-state index contributed by atoms with van der Waals surface area (Å²) in [6.45, 7) is 1.20. The van der Waals surface area contributed by atoms with Gasteiger partial charge in [0.2, 0.25) is 0 Å². The Morgan fingerprint density at radius 2 is 1.84 bits per heavy atom. The zero-order chi connectivity index (χ0) is 21.2. The Hall–Kier alpha value is -3.90. The molecule has 0 atom stereocenters. The fraction of sp³-hybridized carbons (Fsp3) is 0.120. The predicted octanol–water partition coefficient (Wildman–Crippen LogP) is 4.67. The average Bonchev–Trinajstić information content (AvgIpc) is 3.22. The highest BCUT2D eigenvalue weighted by Crippen LogP contribution is 2.30. The van der Waals surface area contributed by atoms with Crippen molar-refractivity contribution in [3.63, 3.8) is 0 Å². The molecule has 0 bridgehead atoms. The molecule has 6 heteroatoms. The van der Waals surface area contributed by atoms with Gasteiger partial charge in [0.15, 0.2) is 0 Å². The van der Waals surface area contributed by atoms with E-state index in [1.54, 1.807) is 18.5 Å². The van der Waals surface area contributed by atoms with Crippen LogP contribution in [0.2, 0.25) is 0 Å². The molecular weight excluding hydrogens is 388 g/mol. The molecule has 0 aliphatic rings. The number of phenols is 1. The lowest BCUT2D eigenvalue weighted by atomic mass is 10.0. The van der Waals surface area contributed by atoms with Crippen molar-refractivity contribution in [1.29, 1.82) is 0 Å². The van der Waals surface area contributed by atoms with Gasteiger partial charge in [-0.3, -0.25) is 4.57 Å². The van der Waals surface area contributed by atoms with Crippen LogP contribution in [0.15, 0.2) is 79.1 Å². The van der Waals surface area contributed by atoms with E-state index >= 15 is 0 Å². The van der Waals surface area contributed by atoms with Crippen LogP contribution in [0.4, 0.5) is 0 Å². The second kappa shape index (κ2) is 8.08. The van der Waals surface area contributed by atoms with E-state index in [0.29, 0.717) is 13.2 Å². The number of fused-ring (bicyclic) bond motifs is 2. The number of nitrogens with two attached hydrogens (primary N) is 1. The average molecular weight is 410 g/mol. The molecule has 0 unspecified atom stereocenters. The molecule has 0 radical (unpaired) electrons. The maximum atomic E-state index is 9.63. The van der Waals surface area contributed by atoms with E-state index in [1.165, 1.54) is 0 Å². The molecule has 5 rings (SSSR count). The number of rotatable bonds is 6. The van der Waals surface area contributed by atoms with E-state index in [4.69, 9.17) is 15.5 Å². The first-order chi connectivity index (χ1) is 15.2. The monoisotopic (exact) mass is 410 g/mol. The number of hydrogen-bond donors (Lipinski definition) is 2. The lowest BCUT2D eigenvalue weighted by Gasteiger charge is -2.10. The van der Waals surface area contributed by atoms with Gasteiger partial charge >= 0.3 is 0 Å². The van der Waals surface area contributed by atoms with Gasteiger partial charge in [-0.2, -0.15) is 0 Å². The number of imidazole rings is 1. The third-order valence-electron chi connectivity index (χ3n) is 5.27. The number of hydrogen-bond acceptors (Lipinski definition) is 5. The van der Waals surface area contributed by atoms with Gasteiger partial charge in [0.1, 0.15) is 23.6 Å². The zero-order valence-corrected chi connectivity index (χ0v) is 16.9. The van der Waals surface area contributed by atoms with Crippen LogP contribution in [0, 0.1) is 0 Å². The Labute approximate surface area is 179 Å². The van der Waals surface area contributed by atoms with E-state index in [2.05, 4.69) is 11.1 Å². The first-order valence-corrected chi connectivity index (χ1v) is 10.2. The van der Waals surface area contributed by atoms with Crippen LogP contribution in [0.1, 0.15) is 6.42 Å². The van der Waals surface area contributed by atoms with Crippen molar-refractivity contribution in [1.82, 2.24) is 14.5 Å². The largest absolute Gasteiger partial charge is 0.508 e. The number of nitrogens with zero attached hydrogens (tertiary/aromatic N) is 3. The first kappa shape index (κ1) is 19.1. The summed E-state index contributed by atoms with van der Waals surface area (Å²) in [6, 6.07) is 23.2. The summed E-state index contributed by atoms with van der Waals surface area (Å²) in [5.74, 6) is 1.82. The number of phenolic OH excluding ortho intramolecular Hbond substituents is 1. The maximum Gasteiger partial charge on any atom is 0.139 e. The van der Waals surface area contributed by atoms with Crippen LogP contribution in [0.25, 0.3) is 38.9 Å². The number of para-hydroxylation sites is 1. The van der Waals surface area contributed by atoms with Crippen molar-refractivity contribution in [2.24, 2.45) is 5.73 Å². The van der Waals surface area contributed by atoms with Crippen LogP contribution in [-0.4, -0.2) is 32.8 Å². The number of aromatic nitrogens is 3. The Balaban J connectivity index is 1.56. The van der Waals surface area contributed by atoms with Crippen molar-refractivity contribution in [3.8, 4) is 28.4 Å². The number of benzene rings is 3. The van der Waals surface area contributed by atoms with Gasteiger partial charge in [-0.15, -0.1) is 0 Å². The molecule has 6 nitrogen and oxygen atoms in total. The highest BCUT2D eigenvalue weighted by atomic mass is 16.5. The molecule has 5 aromatic rings. The Morgan fingerprint density at radius 1 is 0.968 bits per heavy atom. The van der Waals surface area contributed by atoms with Crippen LogP contribution in [0.3, 0.4) is 0 Å². The molecule has 0 aliphatic carbocycles. The zero-order valence-electron chi connectivity index (χ0n) is 16.9. The predicted molar refractivity (Wildman–Crippen MR) is 123 cm³/mol. The van der Waals surface area contributed by atoms with Gasteiger partial charge in [-0.05, 0) is 54.9 Å². The number of aromatic hydroxyl groups is 1. The van der Waals surface area contributed by atoms with E-state index in [1.807, 2.05) is 59.2 Å². The second-order valence-corrected chi connectivity index (χ2v) is 7.35. The molecule has 0 aliphatic heterocycles. The van der Waals surface area contributed by atoms with Gasteiger partial charge in [-0.1, -0.05) is 30.3 Å². The van der Waals surface area contributed by atoms with Crippen LogP contribution in [-0.2, 0) is 0 Å². The topological polar surface area (TPSA) is 86.2 Å². The second-order valence-electron chi connectivity index (χ2n) is 7.35. The molecule has 31 heavy (non-hydrogen) atoms. The molecule has 0 saturated heterocycles. The third-order valence-corrected chi connectivity index (χ3v) is 5.27. The summed E-state index contributed by atoms with van der Waals surface area (Å²) in [7, 11) is 0. The van der Waals surface area contributed by atoms with Gasteiger partial charge in [0.05, 0.1) is 23.2 Å². The van der Waals surface area contributed by atoms with E-state index < -0.39 is 0 Å². The Morgan fingerprint density at radius 3 is 2.68 bits per heavy atom. The highest BCUT2D eigenvalue weighted by Gasteiger charge is 2.11. The third kappa shape index (κ3) is 3.69. The molecule has 0 fully saturated rings. The summed E-state index contributed by atoms with van der Waals surface area (Å²) in [4.78, 5) is 9.51. The van der Waals surface area contributed by atoms with Gasteiger partial charge < -0.3 is 15.6 Å². The van der Waals surface area contributed by atoms with Crippen molar-refractivity contribution < 1.29 is 9.84 Å². The molecular formula is C25H22N4O2. The fourth-order valence-corrected chi connectivity index (χ4v) is 3.68. The number of ether oxygens (including phenoxy) is 1. The summed E-state index contributed by atoms with van der Waals surface area (Å²) in [6.07, 6.45) is 2.60. The van der Waals surface area contributed by atoms with Crippen molar-refractivity contribution in [2.75, 3.05) is 13.2 Å². The molecule has 2 heterocycles. The molecule has 3 aromatic carbocycles. The summed E-state index contributed by atoms with van der Waals surface area (Å²) in [5.41, 5.74) is 10.2. The summed E-state index contributed by atoms with van der Waals surface area (Å²) in [5, 5.41) is 10.7. The van der Waals surface area contributed by atoms with E-state index in [0.717, 1.165) is 51.1 Å².